The zero-order valence-corrected chi connectivity index (χ0v) is 16.5. The molecule has 2 aromatic carbocycles. The Labute approximate surface area is 168 Å². The van der Waals surface area contributed by atoms with E-state index >= 15 is 0 Å². The second-order valence-electron chi connectivity index (χ2n) is 7.14. The number of nitrogens with one attached hydrogen (secondary N) is 3. The van der Waals surface area contributed by atoms with E-state index in [0.717, 1.165) is 15.7 Å². The van der Waals surface area contributed by atoms with Gasteiger partial charge in [0, 0.05) is 18.4 Å². The van der Waals surface area contributed by atoms with Crippen LogP contribution in [0.3, 0.4) is 0 Å². The quantitative estimate of drug-likeness (QED) is 0.418. The average molecular weight is 394 g/mol. The smallest absolute Gasteiger partial charge is 0.305 e. The molecule has 0 atom stereocenters. The standard InChI is InChI=1S/C22H23N3O4/c1-25(2)14-18-9-11-20(29-18)22(28)24-23-21(27)12-10-19(26)17-8-7-15-5-3-4-6-16(15)13-17/h3-9,11,13H,10,12,14H2,1-2H3,(H,23,27)(H,24,28)/p+1. The van der Waals surface area contributed by atoms with Crippen molar-refractivity contribution >= 4 is 28.4 Å². The maximum Gasteiger partial charge on any atom is 0.305 e. The Morgan fingerprint density at radius 2 is 1.66 bits per heavy atom. The van der Waals surface area contributed by atoms with Crippen molar-refractivity contribution in [2.45, 2.75) is 19.4 Å². The van der Waals surface area contributed by atoms with Crippen LogP contribution < -0.4 is 15.8 Å². The molecule has 0 aliphatic heterocycles. The number of hydrogen-bond donors (Lipinski definition) is 3. The summed E-state index contributed by atoms with van der Waals surface area (Å²) >= 11 is 0. The summed E-state index contributed by atoms with van der Waals surface area (Å²) in [4.78, 5) is 37.5. The first kappa shape index (κ1) is 20.3. The molecule has 0 spiro atoms. The highest BCUT2D eigenvalue weighted by Crippen LogP contribution is 2.17. The van der Waals surface area contributed by atoms with Gasteiger partial charge in [0.15, 0.2) is 17.3 Å². The molecule has 0 aliphatic carbocycles. The molecule has 3 aromatic rings. The molecule has 1 heterocycles. The Kier molecular flexibility index (Phi) is 6.41. The van der Waals surface area contributed by atoms with E-state index in [1.807, 2.05) is 50.5 Å². The van der Waals surface area contributed by atoms with Gasteiger partial charge in [-0.1, -0.05) is 36.4 Å². The molecule has 7 heteroatoms. The Morgan fingerprint density at radius 1 is 0.897 bits per heavy atom. The van der Waals surface area contributed by atoms with Crippen molar-refractivity contribution in [1.82, 2.24) is 10.9 Å². The second kappa shape index (κ2) is 9.16. The van der Waals surface area contributed by atoms with Gasteiger partial charge < -0.3 is 9.32 Å². The van der Waals surface area contributed by atoms with Crippen molar-refractivity contribution in [3.05, 3.63) is 71.7 Å². The van der Waals surface area contributed by atoms with Crippen molar-refractivity contribution in [3.8, 4) is 0 Å². The van der Waals surface area contributed by atoms with Crippen LogP contribution in [0, 0.1) is 0 Å². The molecule has 29 heavy (non-hydrogen) atoms. The summed E-state index contributed by atoms with van der Waals surface area (Å²) in [6.45, 7) is 0.649. The van der Waals surface area contributed by atoms with Gasteiger partial charge in [-0.15, -0.1) is 0 Å². The van der Waals surface area contributed by atoms with Crippen molar-refractivity contribution in [2.75, 3.05) is 14.1 Å². The highest BCUT2D eigenvalue weighted by Gasteiger charge is 2.14. The van der Waals surface area contributed by atoms with Crippen molar-refractivity contribution in [1.29, 1.82) is 0 Å². The van der Waals surface area contributed by atoms with E-state index in [1.54, 1.807) is 18.2 Å². The Hall–Kier alpha value is -3.45. The molecule has 3 rings (SSSR count). The Morgan fingerprint density at radius 3 is 2.41 bits per heavy atom. The number of furan rings is 1. The maximum atomic E-state index is 12.4. The number of carbonyl (C=O) groups is 3. The largest absolute Gasteiger partial charge is 0.450 e. The molecule has 2 amide bonds. The molecule has 0 saturated carbocycles. The number of hydrazine groups is 1. The van der Waals surface area contributed by atoms with E-state index in [1.165, 1.54) is 0 Å². The molecular formula is C22H24N3O4+. The number of Topliss-reactive ketones (excluding diaryl/α,β-unsaturated/α-hetero) is 1. The fourth-order valence-electron chi connectivity index (χ4n) is 2.93. The number of benzene rings is 2. The summed E-state index contributed by atoms with van der Waals surface area (Å²) in [5.74, 6) is -0.313. The van der Waals surface area contributed by atoms with Crippen LogP contribution in [0.5, 0.6) is 0 Å². The number of ketones is 1. The summed E-state index contributed by atoms with van der Waals surface area (Å²) in [6, 6.07) is 16.5. The number of fused-ring (bicyclic) bond motifs is 1. The molecule has 0 saturated heterocycles. The van der Waals surface area contributed by atoms with E-state index in [2.05, 4.69) is 10.9 Å². The fourth-order valence-corrected chi connectivity index (χ4v) is 2.93. The number of carbonyl (C=O) groups excluding carboxylic acids is 3. The van der Waals surface area contributed by atoms with Crippen LogP contribution in [0.4, 0.5) is 0 Å². The number of hydrogen-bond acceptors (Lipinski definition) is 4. The normalized spacial score (nSPS) is 10.9. The molecule has 0 aliphatic rings. The molecule has 0 fully saturated rings. The van der Waals surface area contributed by atoms with E-state index < -0.39 is 11.8 Å². The minimum atomic E-state index is -0.542. The second-order valence-corrected chi connectivity index (χ2v) is 7.14. The molecule has 1 aromatic heterocycles. The first-order valence-corrected chi connectivity index (χ1v) is 9.41. The lowest BCUT2D eigenvalue weighted by Gasteiger charge is -2.07. The van der Waals surface area contributed by atoms with Crippen LogP contribution >= 0.6 is 0 Å². The van der Waals surface area contributed by atoms with Gasteiger partial charge in [0.1, 0.15) is 6.54 Å². The average Bonchev–Trinajstić information content (AvgIpc) is 3.17. The minimum Gasteiger partial charge on any atom is -0.450 e. The molecule has 0 bridgehead atoms. The minimum absolute atomic E-state index is 0.0284. The maximum absolute atomic E-state index is 12.4. The first-order valence-electron chi connectivity index (χ1n) is 9.41. The number of amides is 2. The third-order valence-corrected chi connectivity index (χ3v) is 4.38. The topological polar surface area (TPSA) is 92.9 Å². The van der Waals surface area contributed by atoms with Crippen LogP contribution in [-0.4, -0.2) is 31.7 Å². The monoisotopic (exact) mass is 394 g/mol. The molecule has 3 N–H and O–H groups in total. The lowest BCUT2D eigenvalue weighted by molar-refractivity contribution is -0.873. The highest BCUT2D eigenvalue weighted by atomic mass is 16.4. The predicted molar refractivity (Wildman–Crippen MR) is 108 cm³/mol. The predicted octanol–water partition coefficient (Wildman–Crippen LogP) is 1.50. The van der Waals surface area contributed by atoms with Gasteiger partial charge >= 0.3 is 5.91 Å². The van der Waals surface area contributed by atoms with Crippen molar-refractivity contribution in [3.63, 3.8) is 0 Å². The zero-order valence-electron chi connectivity index (χ0n) is 16.5. The summed E-state index contributed by atoms with van der Waals surface area (Å²) in [7, 11) is 3.95. The van der Waals surface area contributed by atoms with E-state index in [0.29, 0.717) is 17.9 Å². The van der Waals surface area contributed by atoms with Crippen LogP contribution in [0.15, 0.2) is 59.0 Å². The number of quaternary nitrogens is 1. The molecule has 150 valence electrons. The Bertz CT molecular complexity index is 1040. The van der Waals surface area contributed by atoms with Gasteiger partial charge in [0.2, 0.25) is 5.91 Å². The Balaban J connectivity index is 1.47. The first-order chi connectivity index (χ1) is 13.9. The summed E-state index contributed by atoms with van der Waals surface area (Å²) in [5.41, 5.74) is 5.18. The van der Waals surface area contributed by atoms with E-state index in [-0.39, 0.29) is 24.4 Å². The van der Waals surface area contributed by atoms with Crippen LogP contribution in [0.1, 0.15) is 39.5 Å². The molecule has 0 unspecified atom stereocenters. The van der Waals surface area contributed by atoms with Crippen molar-refractivity contribution in [2.24, 2.45) is 0 Å². The lowest BCUT2D eigenvalue weighted by Crippen LogP contribution is -3.04. The van der Waals surface area contributed by atoms with Gasteiger partial charge in [0.25, 0.3) is 0 Å². The van der Waals surface area contributed by atoms with Gasteiger partial charge in [0.05, 0.1) is 14.1 Å². The third kappa shape index (κ3) is 5.52. The highest BCUT2D eigenvalue weighted by molar-refractivity contribution is 6.01. The molecule has 7 nitrogen and oxygen atoms in total. The summed E-state index contributed by atoms with van der Waals surface area (Å²) < 4.78 is 5.44. The van der Waals surface area contributed by atoms with Crippen LogP contribution in [0.25, 0.3) is 10.8 Å². The fraction of sp³-hybridized carbons (Fsp3) is 0.227. The van der Waals surface area contributed by atoms with Crippen LogP contribution in [-0.2, 0) is 11.3 Å². The van der Waals surface area contributed by atoms with Gasteiger partial charge in [-0.3, -0.25) is 25.2 Å². The summed E-state index contributed by atoms with van der Waals surface area (Å²) in [5, 5.41) is 2.03. The van der Waals surface area contributed by atoms with Crippen LogP contribution in [0.2, 0.25) is 0 Å². The van der Waals surface area contributed by atoms with Gasteiger partial charge in [-0.05, 0) is 29.0 Å². The van der Waals surface area contributed by atoms with E-state index in [4.69, 9.17) is 4.42 Å². The van der Waals surface area contributed by atoms with E-state index in [9.17, 15) is 14.4 Å². The van der Waals surface area contributed by atoms with Gasteiger partial charge in [-0.25, -0.2) is 0 Å². The van der Waals surface area contributed by atoms with Crippen molar-refractivity contribution < 1.29 is 23.7 Å². The zero-order chi connectivity index (χ0) is 20.8. The summed E-state index contributed by atoms with van der Waals surface area (Å²) in [6.07, 6.45) is 0.0237. The number of rotatable bonds is 7. The third-order valence-electron chi connectivity index (χ3n) is 4.38. The lowest BCUT2D eigenvalue weighted by atomic mass is 10.0. The molecular weight excluding hydrogens is 370 g/mol. The van der Waals surface area contributed by atoms with Gasteiger partial charge in [-0.2, -0.15) is 0 Å². The SMILES string of the molecule is C[NH+](C)Cc1ccc(C(=O)NNC(=O)CCC(=O)c2ccc3ccccc3c2)o1. The molecule has 0 radical (unpaired) electrons.